The van der Waals surface area contributed by atoms with Crippen molar-refractivity contribution in [3.8, 4) is 0 Å². The summed E-state index contributed by atoms with van der Waals surface area (Å²) < 4.78 is 1.91. The first kappa shape index (κ1) is 16.6. The Hall–Kier alpha value is -2.22. The summed E-state index contributed by atoms with van der Waals surface area (Å²) in [6.07, 6.45) is 9.91. The van der Waals surface area contributed by atoms with Gasteiger partial charge in [0, 0.05) is 24.5 Å². The average molecular weight is 348 g/mol. The lowest BCUT2D eigenvalue weighted by molar-refractivity contribution is 0.0690. The van der Waals surface area contributed by atoms with E-state index in [0.717, 1.165) is 12.8 Å². The lowest BCUT2D eigenvalue weighted by atomic mass is 9.96. The van der Waals surface area contributed by atoms with Crippen LogP contribution >= 0.6 is 11.3 Å². The molecule has 2 aromatic heterocycles. The molecule has 7 nitrogen and oxygen atoms in total. The van der Waals surface area contributed by atoms with Crippen LogP contribution in [0.4, 0.5) is 0 Å². The average Bonchev–Trinajstić information content (AvgIpc) is 3.25. The van der Waals surface area contributed by atoms with Gasteiger partial charge in [0.2, 0.25) is 0 Å². The molecule has 0 aromatic carbocycles. The van der Waals surface area contributed by atoms with Crippen LogP contribution in [0.25, 0.3) is 0 Å². The van der Waals surface area contributed by atoms with Crippen molar-refractivity contribution in [1.82, 2.24) is 20.1 Å². The molecule has 0 aliphatic heterocycles. The van der Waals surface area contributed by atoms with E-state index in [9.17, 15) is 9.59 Å². The highest BCUT2D eigenvalue weighted by molar-refractivity contribution is 7.09. The largest absolute Gasteiger partial charge is 0.476 e. The standard InChI is InChI=1S/C16H20N4O3S/c21-15(17-7-6-14-19-13(10-24-14)16(22)23)11-8-18-20(9-11)12-4-2-1-3-5-12/h8-10,12H,1-7H2,(H,17,21)(H,22,23). The summed E-state index contributed by atoms with van der Waals surface area (Å²) in [6.45, 7) is 0.417. The van der Waals surface area contributed by atoms with Gasteiger partial charge in [0.15, 0.2) is 5.69 Å². The number of aromatic carboxylic acids is 1. The third-order valence-corrected chi connectivity index (χ3v) is 5.12. The van der Waals surface area contributed by atoms with Gasteiger partial charge in [0.1, 0.15) is 0 Å². The van der Waals surface area contributed by atoms with E-state index in [1.54, 1.807) is 6.20 Å². The topological polar surface area (TPSA) is 97.1 Å². The minimum atomic E-state index is -1.03. The first-order chi connectivity index (χ1) is 11.6. The quantitative estimate of drug-likeness (QED) is 0.836. The van der Waals surface area contributed by atoms with E-state index in [2.05, 4.69) is 15.4 Å². The van der Waals surface area contributed by atoms with Gasteiger partial charge in [-0.2, -0.15) is 5.10 Å². The zero-order valence-electron chi connectivity index (χ0n) is 13.3. The first-order valence-corrected chi connectivity index (χ1v) is 9.01. The van der Waals surface area contributed by atoms with E-state index in [1.807, 2.05) is 10.9 Å². The van der Waals surface area contributed by atoms with Crippen LogP contribution in [0.2, 0.25) is 0 Å². The fraction of sp³-hybridized carbons (Fsp3) is 0.500. The van der Waals surface area contributed by atoms with Gasteiger partial charge >= 0.3 is 5.97 Å². The molecule has 0 unspecified atom stereocenters. The van der Waals surface area contributed by atoms with Crippen LogP contribution in [0, 0.1) is 0 Å². The molecule has 24 heavy (non-hydrogen) atoms. The Kier molecular flexibility index (Phi) is 5.24. The van der Waals surface area contributed by atoms with Gasteiger partial charge in [-0.15, -0.1) is 11.3 Å². The van der Waals surface area contributed by atoms with E-state index in [0.29, 0.717) is 29.6 Å². The Morgan fingerprint density at radius 1 is 1.33 bits per heavy atom. The zero-order valence-corrected chi connectivity index (χ0v) is 14.1. The number of hydrogen-bond acceptors (Lipinski definition) is 5. The highest BCUT2D eigenvalue weighted by Gasteiger charge is 2.17. The molecule has 1 fully saturated rings. The smallest absolute Gasteiger partial charge is 0.355 e. The molecule has 1 aliphatic carbocycles. The number of nitrogens with one attached hydrogen (secondary N) is 1. The highest BCUT2D eigenvalue weighted by atomic mass is 32.1. The van der Waals surface area contributed by atoms with Crippen molar-refractivity contribution in [3.05, 3.63) is 34.0 Å². The second-order valence-electron chi connectivity index (χ2n) is 5.94. The first-order valence-electron chi connectivity index (χ1n) is 8.13. The maximum absolute atomic E-state index is 12.2. The summed E-state index contributed by atoms with van der Waals surface area (Å²) in [5.74, 6) is -1.19. The molecule has 1 aliphatic rings. The molecule has 0 radical (unpaired) electrons. The van der Waals surface area contributed by atoms with E-state index in [4.69, 9.17) is 5.11 Å². The van der Waals surface area contributed by atoms with Crippen LogP contribution < -0.4 is 5.32 Å². The fourth-order valence-corrected chi connectivity index (χ4v) is 3.68. The molecule has 1 amide bonds. The van der Waals surface area contributed by atoms with Crippen LogP contribution in [-0.2, 0) is 6.42 Å². The van der Waals surface area contributed by atoms with Crippen molar-refractivity contribution < 1.29 is 14.7 Å². The van der Waals surface area contributed by atoms with Gasteiger partial charge in [-0.25, -0.2) is 9.78 Å². The molecule has 2 heterocycles. The van der Waals surface area contributed by atoms with E-state index in [-0.39, 0.29) is 11.6 Å². The lowest BCUT2D eigenvalue weighted by Gasteiger charge is -2.21. The van der Waals surface area contributed by atoms with Crippen molar-refractivity contribution >= 4 is 23.2 Å². The van der Waals surface area contributed by atoms with Crippen molar-refractivity contribution in [1.29, 1.82) is 0 Å². The molecule has 1 saturated carbocycles. The summed E-state index contributed by atoms with van der Waals surface area (Å²) in [5, 5.41) is 18.2. The molecule has 2 N–H and O–H groups in total. The van der Waals surface area contributed by atoms with Gasteiger partial charge in [0.05, 0.1) is 22.8 Å². The van der Waals surface area contributed by atoms with Gasteiger partial charge in [-0.05, 0) is 12.8 Å². The summed E-state index contributed by atoms with van der Waals surface area (Å²) in [6, 6.07) is 0.407. The minimum absolute atomic E-state index is 0.0510. The van der Waals surface area contributed by atoms with E-state index < -0.39 is 5.97 Å². The summed E-state index contributed by atoms with van der Waals surface area (Å²) >= 11 is 1.29. The third kappa shape index (κ3) is 4.00. The number of rotatable bonds is 6. The molecule has 8 heteroatoms. The predicted octanol–water partition coefficient (Wildman–Crippen LogP) is 2.52. The Bertz CT molecular complexity index is 718. The molecule has 3 rings (SSSR count). The zero-order chi connectivity index (χ0) is 16.9. The van der Waals surface area contributed by atoms with Crippen LogP contribution in [0.15, 0.2) is 17.8 Å². The Morgan fingerprint density at radius 3 is 2.83 bits per heavy atom. The summed E-state index contributed by atoms with van der Waals surface area (Å²) in [4.78, 5) is 26.9. The van der Waals surface area contributed by atoms with Crippen LogP contribution in [0.3, 0.4) is 0 Å². The fourth-order valence-electron chi connectivity index (χ4n) is 2.91. The molecule has 0 saturated heterocycles. The normalized spacial score (nSPS) is 15.3. The Labute approximate surface area is 143 Å². The van der Waals surface area contributed by atoms with Gasteiger partial charge < -0.3 is 10.4 Å². The number of hydrogen-bond donors (Lipinski definition) is 2. The number of carbonyl (C=O) groups excluding carboxylic acids is 1. The summed E-state index contributed by atoms with van der Waals surface area (Å²) in [5.41, 5.74) is 0.612. The van der Waals surface area contributed by atoms with Crippen LogP contribution in [0.1, 0.15) is 64.0 Å². The Morgan fingerprint density at radius 2 is 2.12 bits per heavy atom. The van der Waals surface area contributed by atoms with Gasteiger partial charge in [-0.1, -0.05) is 19.3 Å². The Balaban J connectivity index is 1.49. The SMILES string of the molecule is O=C(NCCc1nc(C(=O)O)cs1)c1cnn(C2CCCCC2)c1. The minimum Gasteiger partial charge on any atom is -0.476 e. The second-order valence-corrected chi connectivity index (χ2v) is 6.88. The number of carbonyl (C=O) groups is 2. The van der Waals surface area contributed by atoms with Crippen molar-refractivity contribution in [2.75, 3.05) is 6.54 Å². The van der Waals surface area contributed by atoms with E-state index >= 15 is 0 Å². The maximum Gasteiger partial charge on any atom is 0.355 e. The predicted molar refractivity (Wildman–Crippen MR) is 89.5 cm³/mol. The third-order valence-electron chi connectivity index (χ3n) is 4.21. The number of amides is 1. The number of aromatic nitrogens is 3. The van der Waals surface area contributed by atoms with Crippen molar-refractivity contribution in [2.24, 2.45) is 0 Å². The highest BCUT2D eigenvalue weighted by Crippen LogP contribution is 2.27. The molecule has 128 valence electrons. The summed E-state index contributed by atoms with van der Waals surface area (Å²) in [7, 11) is 0. The number of nitrogens with zero attached hydrogens (tertiary/aromatic N) is 3. The maximum atomic E-state index is 12.2. The van der Waals surface area contributed by atoms with Crippen molar-refractivity contribution in [3.63, 3.8) is 0 Å². The molecule has 0 bridgehead atoms. The van der Waals surface area contributed by atoms with Gasteiger partial charge in [-0.3, -0.25) is 9.48 Å². The van der Waals surface area contributed by atoms with Gasteiger partial charge in [0.25, 0.3) is 5.91 Å². The van der Waals surface area contributed by atoms with Crippen LogP contribution in [-0.4, -0.2) is 38.3 Å². The van der Waals surface area contributed by atoms with Crippen molar-refractivity contribution in [2.45, 2.75) is 44.6 Å². The van der Waals surface area contributed by atoms with Crippen LogP contribution in [0.5, 0.6) is 0 Å². The molecule has 2 aromatic rings. The lowest BCUT2D eigenvalue weighted by Crippen LogP contribution is -2.25. The second kappa shape index (κ2) is 7.57. The van der Waals surface area contributed by atoms with E-state index in [1.165, 1.54) is 36.0 Å². The molecule has 0 atom stereocenters. The number of thiazole rings is 1. The molecular weight excluding hydrogens is 328 g/mol. The number of carboxylic acid groups (broad SMARTS) is 1. The monoisotopic (exact) mass is 348 g/mol. The molecular formula is C16H20N4O3S. The number of carboxylic acids is 1. The molecule has 0 spiro atoms.